The van der Waals surface area contributed by atoms with Gasteiger partial charge in [0.25, 0.3) is 0 Å². The lowest BCUT2D eigenvalue weighted by molar-refractivity contribution is -0.121. The smallest absolute Gasteiger partial charge is 0.221 e. The summed E-state index contributed by atoms with van der Waals surface area (Å²) in [4.78, 5) is 13.3. The summed E-state index contributed by atoms with van der Waals surface area (Å²) >= 11 is 1.72. The number of amides is 1. The van der Waals surface area contributed by atoms with Crippen molar-refractivity contribution in [2.45, 2.75) is 44.6 Å². The van der Waals surface area contributed by atoms with Crippen LogP contribution in [0, 0.1) is 6.92 Å². The highest BCUT2D eigenvalue weighted by atomic mass is 32.2. The van der Waals surface area contributed by atoms with Gasteiger partial charge in [0.2, 0.25) is 5.91 Å². The van der Waals surface area contributed by atoms with Crippen LogP contribution >= 0.6 is 11.8 Å². The average Bonchev–Trinajstić information content (AvgIpc) is 2.56. The summed E-state index contributed by atoms with van der Waals surface area (Å²) < 4.78 is 0. The van der Waals surface area contributed by atoms with Crippen molar-refractivity contribution < 1.29 is 4.79 Å². The monoisotopic (exact) mass is 327 g/mol. The van der Waals surface area contributed by atoms with E-state index in [-0.39, 0.29) is 11.9 Å². The van der Waals surface area contributed by atoms with E-state index in [4.69, 9.17) is 0 Å². The van der Waals surface area contributed by atoms with Gasteiger partial charge < -0.3 is 5.32 Å². The van der Waals surface area contributed by atoms with Gasteiger partial charge in [0, 0.05) is 17.1 Å². The van der Waals surface area contributed by atoms with Crippen molar-refractivity contribution in [1.29, 1.82) is 0 Å². The zero-order valence-electron chi connectivity index (χ0n) is 14.1. The fourth-order valence-corrected chi connectivity index (χ4v) is 3.19. The van der Waals surface area contributed by atoms with Crippen LogP contribution in [0.4, 0.5) is 0 Å². The van der Waals surface area contributed by atoms with E-state index in [2.05, 4.69) is 67.7 Å². The third kappa shape index (κ3) is 5.76. The van der Waals surface area contributed by atoms with E-state index in [0.717, 1.165) is 17.7 Å². The van der Waals surface area contributed by atoms with E-state index < -0.39 is 0 Å². The Morgan fingerprint density at radius 3 is 2.35 bits per heavy atom. The first-order chi connectivity index (χ1) is 11.1. The number of thioether (sulfide) groups is 1. The molecule has 2 aromatic carbocycles. The number of benzene rings is 2. The van der Waals surface area contributed by atoms with Crippen LogP contribution in [0.2, 0.25) is 0 Å². The molecule has 0 aliphatic rings. The molecule has 1 N–H and O–H groups in total. The summed E-state index contributed by atoms with van der Waals surface area (Å²) in [6.45, 7) is 6.26. The van der Waals surface area contributed by atoms with E-state index in [0.29, 0.717) is 6.42 Å². The van der Waals surface area contributed by atoms with Gasteiger partial charge in [-0.25, -0.2) is 0 Å². The van der Waals surface area contributed by atoms with Gasteiger partial charge in [-0.2, -0.15) is 0 Å². The first-order valence-electron chi connectivity index (χ1n) is 8.16. The van der Waals surface area contributed by atoms with E-state index in [1.54, 1.807) is 11.8 Å². The highest BCUT2D eigenvalue weighted by molar-refractivity contribution is 7.99. The summed E-state index contributed by atoms with van der Waals surface area (Å²) in [5.41, 5.74) is 3.73. The van der Waals surface area contributed by atoms with Gasteiger partial charge in [0.05, 0.1) is 6.04 Å². The number of carbonyl (C=O) groups excluding carboxylic acids is 1. The van der Waals surface area contributed by atoms with Crippen molar-refractivity contribution in [1.82, 2.24) is 5.32 Å². The lowest BCUT2D eigenvalue weighted by Crippen LogP contribution is -2.26. The lowest BCUT2D eigenvalue weighted by Gasteiger charge is -2.14. The number of nitrogens with one attached hydrogen (secondary N) is 1. The third-order valence-corrected chi connectivity index (χ3v) is 4.90. The zero-order chi connectivity index (χ0) is 16.7. The SMILES string of the molecule is CCc1ccc([C@@H](C)NC(=O)CCSc2ccc(C)cc2)cc1. The molecule has 1 atom stereocenters. The quantitative estimate of drug-likeness (QED) is 0.732. The predicted octanol–water partition coefficient (Wildman–Crippen LogP) is 4.92. The third-order valence-electron chi connectivity index (χ3n) is 3.88. The normalized spacial score (nSPS) is 12.0. The number of rotatable bonds is 7. The van der Waals surface area contributed by atoms with Gasteiger partial charge in [0.15, 0.2) is 0 Å². The molecule has 0 saturated heterocycles. The Hall–Kier alpha value is -1.74. The van der Waals surface area contributed by atoms with Crippen molar-refractivity contribution in [3.8, 4) is 0 Å². The van der Waals surface area contributed by atoms with Crippen molar-refractivity contribution in [3.63, 3.8) is 0 Å². The molecule has 2 aromatic rings. The fraction of sp³-hybridized carbons (Fsp3) is 0.350. The molecule has 0 bridgehead atoms. The van der Waals surface area contributed by atoms with E-state index in [9.17, 15) is 4.79 Å². The average molecular weight is 327 g/mol. The summed E-state index contributed by atoms with van der Waals surface area (Å²) in [6.07, 6.45) is 1.58. The second kappa shape index (κ2) is 8.78. The van der Waals surface area contributed by atoms with Crippen LogP contribution in [0.5, 0.6) is 0 Å². The maximum atomic E-state index is 12.1. The Morgan fingerprint density at radius 2 is 1.74 bits per heavy atom. The van der Waals surface area contributed by atoms with Crippen LogP contribution < -0.4 is 5.32 Å². The Labute approximate surface area is 143 Å². The maximum Gasteiger partial charge on any atom is 0.221 e. The number of carbonyl (C=O) groups is 1. The molecule has 0 saturated carbocycles. The van der Waals surface area contributed by atoms with Crippen LogP contribution in [0.15, 0.2) is 53.4 Å². The Bertz CT molecular complexity index is 619. The lowest BCUT2D eigenvalue weighted by atomic mass is 10.0. The van der Waals surface area contributed by atoms with E-state index in [1.165, 1.54) is 16.0 Å². The largest absolute Gasteiger partial charge is 0.350 e. The molecule has 1 amide bonds. The number of hydrogen-bond acceptors (Lipinski definition) is 2. The Balaban J connectivity index is 1.76. The van der Waals surface area contributed by atoms with E-state index in [1.807, 2.05) is 6.92 Å². The topological polar surface area (TPSA) is 29.1 Å². The van der Waals surface area contributed by atoms with Crippen molar-refractivity contribution in [2.75, 3.05) is 5.75 Å². The van der Waals surface area contributed by atoms with Gasteiger partial charge in [0.1, 0.15) is 0 Å². The minimum atomic E-state index is 0.0535. The van der Waals surface area contributed by atoms with E-state index >= 15 is 0 Å². The van der Waals surface area contributed by atoms with Crippen molar-refractivity contribution in [2.24, 2.45) is 0 Å². The highest BCUT2D eigenvalue weighted by Gasteiger charge is 2.09. The van der Waals surface area contributed by atoms with Gasteiger partial charge in [-0.15, -0.1) is 11.8 Å². The van der Waals surface area contributed by atoms with Crippen LogP contribution in [0.3, 0.4) is 0 Å². The zero-order valence-corrected chi connectivity index (χ0v) is 15.0. The fourth-order valence-electron chi connectivity index (χ4n) is 2.34. The Kier molecular flexibility index (Phi) is 6.72. The molecule has 3 heteroatoms. The molecule has 122 valence electrons. The van der Waals surface area contributed by atoms with Crippen LogP contribution in [0.1, 0.15) is 43.0 Å². The van der Waals surface area contributed by atoms with Crippen LogP contribution in [-0.2, 0) is 11.2 Å². The summed E-state index contributed by atoms with van der Waals surface area (Å²) in [6, 6.07) is 16.9. The molecular weight excluding hydrogens is 302 g/mol. The first kappa shape index (κ1) is 17.6. The molecule has 0 heterocycles. The van der Waals surface area contributed by atoms with Gasteiger partial charge in [-0.3, -0.25) is 4.79 Å². The molecule has 0 aliphatic heterocycles. The molecule has 0 aliphatic carbocycles. The first-order valence-corrected chi connectivity index (χ1v) is 9.14. The molecule has 2 nitrogen and oxygen atoms in total. The standard InChI is InChI=1S/C20H25NOS/c1-4-17-7-9-18(10-8-17)16(3)21-20(22)13-14-23-19-11-5-15(2)6-12-19/h5-12,16H,4,13-14H2,1-3H3,(H,21,22)/t16-/m1/s1. The summed E-state index contributed by atoms with van der Waals surface area (Å²) in [5.74, 6) is 0.910. The summed E-state index contributed by atoms with van der Waals surface area (Å²) in [7, 11) is 0. The minimum absolute atomic E-state index is 0.0535. The number of hydrogen-bond donors (Lipinski definition) is 1. The van der Waals surface area contributed by atoms with Crippen molar-refractivity contribution in [3.05, 3.63) is 65.2 Å². The van der Waals surface area contributed by atoms with Gasteiger partial charge >= 0.3 is 0 Å². The van der Waals surface area contributed by atoms with Crippen molar-refractivity contribution >= 4 is 17.7 Å². The molecule has 0 radical (unpaired) electrons. The maximum absolute atomic E-state index is 12.1. The predicted molar refractivity (Wildman–Crippen MR) is 98.9 cm³/mol. The molecule has 0 spiro atoms. The Morgan fingerprint density at radius 1 is 1.09 bits per heavy atom. The van der Waals surface area contributed by atoms with Gasteiger partial charge in [-0.1, -0.05) is 48.9 Å². The number of aryl methyl sites for hydroxylation is 2. The molecule has 2 rings (SSSR count). The highest BCUT2D eigenvalue weighted by Crippen LogP contribution is 2.19. The van der Waals surface area contributed by atoms with Crippen LogP contribution in [-0.4, -0.2) is 11.7 Å². The molecular formula is C20H25NOS. The molecule has 0 aromatic heterocycles. The summed E-state index contributed by atoms with van der Waals surface area (Å²) in [5, 5.41) is 3.08. The molecule has 0 fully saturated rings. The minimum Gasteiger partial charge on any atom is -0.350 e. The molecule has 23 heavy (non-hydrogen) atoms. The van der Waals surface area contributed by atoms with Crippen LogP contribution in [0.25, 0.3) is 0 Å². The second-order valence-corrected chi connectivity index (χ2v) is 6.96. The second-order valence-electron chi connectivity index (χ2n) is 5.80. The molecule has 0 unspecified atom stereocenters. The van der Waals surface area contributed by atoms with Gasteiger partial charge in [-0.05, 0) is 43.5 Å².